The molecule has 3 rings (SSSR count). The Bertz CT molecular complexity index is 562. The van der Waals surface area contributed by atoms with Crippen molar-refractivity contribution < 1.29 is 9.13 Å². The van der Waals surface area contributed by atoms with E-state index in [0.29, 0.717) is 10.7 Å². The lowest BCUT2D eigenvalue weighted by Gasteiger charge is -2.53. The van der Waals surface area contributed by atoms with Crippen LogP contribution in [0.5, 0.6) is 0 Å². The molecule has 1 spiro atoms. The number of halogens is 1. The Morgan fingerprint density at radius 1 is 1.42 bits per heavy atom. The van der Waals surface area contributed by atoms with Crippen LogP contribution in [0.15, 0.2) is 18.2 Å². The van der Waals surface area contributed by atoms with E-state index < -0.39 is 15.7 Å². The molecule has 19 heavy (non-hydrogen) atoms. The Hall–Kier alpha value is -1.14. The van der Waals surface area contributed by atoms with Gasteiger partial charge in [0.1, 0.15) is 5.69 Å². The molecule has 1 aromatic rings. The molecular formula is C12H13ClN2O3S. The third-order valence-electron chi connectivity index (χ3n) is 3.81. The summed E-state index contributed by atoms with van der Waals surface area (Å²) < 4.78 is 11.1. The van der Waals surface area contributed by atoms with Crippen molar-refractivity contribution in [2.24, 2.45) is 5.41 Å². The van der Waals surface area contributed by atoms with E-state index in [2.05, 4.69) is 5.32 Å². The fourth-order valence-electron chi connectivity index (χ4n) is 2.96. The minimum Gasteiger partial charge on any atom is -0.377 e. The molecule has 2 aliphatic rings. The zero-order chi connectivity index (χ0) is 13.6. The monoisotopic (exact) mass is 300 g/mol. The first kappa shape index (κ1) is 12.9. The Morgan fingerprint density at radius 2 is 2.11 bits per heavy atom. The molecule has 1 aliphatic heterocycles. The number of hydrogen-bond acceptors (Lipinski definition) is 4. The summed E-state index contributed by atoms with van der Waals surface area (Å²) in [7, 11) is -0.640. The van der Waals surface area contributed by atoms with Gasteiger partial charge < -0.3 is 5.32 Å². The normalized spacial score (nSPS) is 32.5. The molecule has 0 bridgehead atoms. The molecule has 0 radical (unpaired) electrons. The molecule has 0 aromatic heterocycles. The van der Waals surface area contributed by atoms with Crippen LogP contribution in [0.3, 0.4) is 0 Å². The molecule has 1 aromatic carbocycles. The standard InChI is InChI=1S/C12H13ClN2O3S/c13-8-1-2-10(11(3-8)15(16)17)14-9-4-12(5-9)6-19(18)7-12/h1-3,9,14H,4-7H2. The number of anilines is 1. The first-order valence-corrected chi connectivity index (χ1v) is 7.90. The fraction of sp³-hybridized carbons (Fsp3) is 0.500. The minimum absolute atomic E-state index is 0.00522. The Kier molecular flexibility index (Phi) is 3.02. The zero-order valence-electron chi connectivity index (χ0n) is 10.1. The maximum Gasteiger partial charge on any atom is 0.293 e. The summed E-state index contributed by atoms with van der Waals surface area (Å²) in [5.41, 5.74) is 0.754. The predicted octanol–water partition coefficient (Wildman–Crippen LogP) is 2.57. The van der Waals surface area contributed by atoms with Crippen LogP contribution in [-0.2, 0) is 10.8 Å². The average molecular weight is 301 g/mol. The van der Waals surface area contributed by atoms with Crippen molar-refractivity contribution in [1.82, 2.24) is 0 Å². The van der Waals surface area contributed by atoms with E-state index in [0.717, 1.165) is 24.3 Å². The molecule has 1 heterocycles. The molecule has 0 amide bonds. The van der Waals surface area contributed by atoms with E-state index in [1.807, 2.05) is 0 Å². The number of rotatable bonds is 3. The molecular weight excluding hydrogens is 288 g/mol. The van der Waals surface area contributed by atoms with Gasteiger partial charge in [-0.2, -0.15) is 0 Å². The van der Waals surface area contributed by atoms with E-state index in [4.69, 9.17) is 11.6 Å². The van der Waals surface area contributed by atoms with Crippen molar-refractivity contribution in [3.05, 3.63) is 33.3 Å². The Balaban J connectivity index is 1.68. The van der Waals surface area contributed by atoms with Gasteiger partial charge in [-0.15, -0.1) is 0 Å². The van der Waals surface area contributed by atoms with Gasteiger partial charge in [0, 0.05) is 39.4 Å². The van der Waals surface area contributed by atoms with Crippen LogP contribution in [0.4, 0.5) is 11.4 Å². The average Bonchev–Trinajstić information content (AvgIpc) is 2.26. The van der Waals surface area contributed by atoms with Crippen molar-refractivity contribution in [3.63, 3.8) is 0 Å². The number of hydrogen-bond donors (Lipinski definition) is 1. The molecule has 0 unspecified atom stereocenters. The second-order valence-corrected chi connectivity index (χ2v) is 7.29. The van der Waals surface area contributed by atoms with E-state index in [-0.39, 0.29) is 17.1 Å². The summed E-state index contributed by atoms with van der Waals surface area (Å²) in [5.74, 6) is 1.57. The van der Waals surface area contributed by atoms with Gasteiger partial charge in [-0.3, -0.25) is 14.3 Å². The molecule has 1 saturated carbocycles. The lowest BCUT2D eigenvalue weighted by molar-refractivity contribution is -0.384. The van der Waals surface area contributed by atoms with Crippen molar-refractivity contribution >= 4 is 33.8 Å². The lowest BCUT2D eigenvalue weighted by atomic mass is 9.67. The largest absolute Gasteiger partial charge is 0.377 e. The molecule has 7 heteroatoms. The second-order valence-electron chi connectivity index (χ2n) is 5.40. The van der Waals surface area contributed by atoms with Gasteiger partial charge in [0.05, 0.1) is 4.92 Å². The molecule has 1 saturated heterocycles. The predicted molar refractivity (Wildman–Crippen MR) is 75.1 cm³/mol. The van der Waals surface area contributed by atoms with E-state index in [9.17, 15) is 14.3 Å². The number of nitro groups is 1. The van der Waals surface area contributed by atoms with Crippen LogP contribution in [0.2, 0.25) is 5.02 Å². The molecule has 5 nitrogen and oxygen atoms in total. The van der Waals surface area contributed by atoms with Gasteiger partial charge in [-0.05, 0) is 30.4 Å². The van der Waals surface area contributed by atoms with Crippen LogP contribution < -0.4 is 5.32 Å². The quantitative estimate of drug-likeness (QED) is 0.688. The number of nitro benzene ring substituents is 1. The smallest absolute Gasteiger partial charge is 0.293 e. The topological polar surface area (TPSA) is 72.2 Å². The van der Waals surface area contributed by atoms with Crippen LogP contribution in [0.25, 0.3) is 0 Å². The van der Waals surface area contributed by atoms with E-state index in [1.165, 1.54) is 6.07 Å². The summed E-state index contributed by atoms with van der Waals surface area (Å²) >= 11 is 5.77. The summed E-state index contributed by atoms with van der Waals surface area (Å²) in [6.07, 6.45) is 1.89. The van der Waals surface area contributed by atoms with Crippen LogP contribution >= 0.6 is 11.6 Å². The van der Waals surface area contributed by atoms with E-state index >= 15 is 0 Å². The second kappa shape index (κ2) is 4.45. The van der Waals surface area contributed by atoms with Crippen molar-refractivity contribution in [2.45, 2.75) is 18.9 Å². The molecule has 1 aliphatic carbocycles. The van der Waals surface area contributed by atoms with Crippen molar-refractivity contribution in [2.75, 3.05) is 16.8 Å². The van der Waals surface area contributed by atoms with Crippen molar-refractivity contribution in [1.29, 1.82) is 0 Å². The van der Waals surface area contributed by atoms with Crippen LogP contribution in [-0.4, -0.2) is 26.7 Å². The SMILES string of the molecule is O=[N+]([O-])c1cc(Cl)ccc1NC1CC2(C1)CS(=O)C2. The third-order valence-corrected chi connectivity index (χ3v) is 5.91. The summed E-state index contributed by atoms with van der Waals surface area (Å²) in [6.45, 7) is 0. The first-order valence-electron chi connectivity index (χ1n) is 6.03. The minimum atomic E-state index is -0.640. The van der Waals surface area contributed by atoms with Gasteiger partial charge >= 0.3 is 0 Å². The van der Waals surface area contributed by atoms with Crippen LogP contribution in [0.1, 0.15) is 12.8 Å². The highest BCUT2D eigenvalue weighted by atomic mass is 35.5. The zero-order valence-corrected chi connectivity index (χ0v) is 11.7. The summed E-state index contributed by atoms with van der Waals surface area (Å²) in [6, 6.07) is 4.88. The molecule has 2 fully saturated rings. The summed E-state index contributed by atoms with van der Waals surface area (Å²) in [4.78, 5) is 10.5. The maximum atomic E-state index is 11.1. The summed E-state index contributed by atoms with van der Waals surface area (Å²) in [5, 5.41) is 14.5. The lowest BCUT2D eigenvalue weighted by Crippen LogP contribution is -2.57. The van der Waals surface area contributed by atoms with Gasteiger partial charge in [0.2, 0.25) is 0 Å². The van der Waals surface area contributed by atoms with Crippen LogP contribution in [0, 0.1) is 15.5 Å². The third kappa shape index (κ3) is 2.34. The fourth-order valence-corrected chi connectivity index (χ4v) is 4.88. The Labute approximate surface area is 117 Å². The van der Waals surface area contributed by atoms with Gasteiger partial charge in [-0.25, -0.2) is 0 Å². The number of benzene rings is 1. The van der Waals surface area contributed by atoms with Gasteiger partial charge in [0.15, 0.2) is 0 Å². The molecule has 102 valence electrons. The Morgan fingerprint density at radius 3 is 2.68 bits per heavy atom. The highest BCUT2D eigenvalue weighted by Gasteiger charge is 2.52. The number of nitrogens with one attached hydrogen (secondary N) is 1. The van der Waals surface area contributed by atoms with Gasteiger partial charge in [-0.1, -0.05) is 11.6 Å². The van der Waals surface area contributed by atoms with E-state index in [1.54, 1.807) is 12.1 Å². The highest BCUT2D eigenvalue weighted by molar-refractivity contribution is 7.86. The molecule has 1 N–H and O–H groups in total. The maximum absolute atomic E-state index is 11.1. The highest BCUT2D eigenvalue weighted by Crippen LogP contribution is 2.49. The number of nitrogens with zero attached hydrogens (tertiary/aromatic N) is 1. The van der Waals surface area contributed by atoms with Crippen molar-refractivity contribution in [3.8, 4) is 0 Å². The molecule has 0 atom stereocenters. The first-order chi connectivity index (χ1) is 8.97. The van der Waals surface area contributed by atoms with Gasteiger partial charge in [0.25, 0.3) is 5.69 Å².